The summed E-state index contributed by atoms with van der Waals surface area (Å²) in [6.07, 6.45) is -2.65. The van der Waals surface area contributed by atoms with Crippen molar-refractivity contribution in [3.63, 3.8) is 0 Å². The van der Waals surface area contributed by atoms with Crippen molar-refractivity contribution in [2.24, 2.45) is 0 Å². The maximum Gasteiger partial charge on any atom is 0.418 e. The van der Waals surface area contributed by atoms with Crippen LogP contribution in [0.1, 0.15) is 42.6 Å². The minimum absolute atomic E-state index is 0.0471. The fraction of sp³-hybridized carbons (Fsp3) is 0.500. The number of rotatable bonds is 5. The summed E-state index contributed by atoms with van der Waals surface area (Å²) in [7, 11) is 0. The van der Waals surface area contributed by atoms with Gasteiger partial charge < -0.3 is 10.4 Å². The SMILES string of the molecule is CCC(CC)Nc1cc(C(=O)O)c(C(F)(F)F)cn1. The molecule has 1 aromatic rings. The Morgan fingerprint density at radius 2 is 2.00 bits per heavy atom. The number of aromatic carboxylic acids is 1. The van der Waals surface area contributed by atoms with Gasteiger partial charge in [-0.2, -0.15) is 13.2 Å². The molecule has 0 aliphatic carbocycles. The van der Waals surface area contributed by atoms with Crippen LogP contribution in [-0.2, 0) is 6.18 Å². The topological polar surface area (TPSA) is 62.2 Å². The quantitative estimate of drug-likeness (QED) is 0.865. The molecule has 0 atom stereocenters. The zero-order valence-electron chi connectivity index (χ0n) is 10.6. The molecule has 106 valence electrons. The smallest absolute Gasteiger partial charge is 0.418 e. The summed E-state index contributed by atoms with van der Waals surface area (Å²) in [5, 5.41) is 11.8. The van der Waals surface area contributed by atoms with E-state index < -0.39 is 23.3 Å². The molecule has 4 nitrogen and oxygen atoms in total. The first-order valence-corrected chi connectivity index (χ1v) is 5.86. The number of hydrogen-bond acceptors (Lipinski definition) is 3. The van der Waals surface area contributed by atoms with Crippen molar-refractivity contribution in [3.8, 4) is 0 Å². The van der Waals surface area contributed by atoms with Gasteiger partial charge in [-0.1, -0.05) is 13.8 Å². The van der Waals surface area contributed by atoms with Crippen molar-refractivity contribution >= 4 is 11.8 Å². The first-order chi connectivity index (χ1) is 8.79. The molecule has 0 saturated carbocycles. The largest absolute Gasteiger partial charge is 0.478 e. The van der Waals surface area contributed by atoms with E-state index in [1.54, 1.807) is 0 Å². The summed E-state index contributed by atoms with van der Waals surface area (Å²) in [6, 6.07) is 0.967. The van der Waals surface area contributed by atoms with E-state index in [-0.39, 0.29) is 11.9 Å². The van der Waals surface area contributed by atoms with E-state index in [2.05, 4.69) is 10.3 Å². The molecule has 0 spiro atoms. The highest BCUT2D eigenvalue weighted by atomic mass is 19.4. The van der Waals surface area contributed by atoms with Crippen molar-refractivity contribution in [3.05, 3.63) is 23.4 Å². The molecule has 0 aliphatic heterocycles. The Hall–Kier alpha value is -1.79. The lowest BCUT2D eigenvalue weighted by Gasteiger charge is -2.17. The molecule has 19 heavy (non-hydrogen) atoms. The van der Waals surface area contributed by atoms with Crippen molar-refractivity contribution in [1.82, 2.24) is 4.98 Å². The van der Waals surface area contributed by atoms with Crippen LogP contribution in [0.3, 0.4) is 0 Å². The third-order valence-corrected chi connectivity index (χ3v) is 2.78. The van der Waals surface area contributed by atoms with Gasteiger partial charge in [-0.25, -0.2) is 9.78 Å². The summed E-state index contributed by atoms with van der Waals surface area (Å²) in [4.78, 5) is 14.5. The normalized spacial score (nSPS) is 11.7. The molecule has 0 unspecified atom stereocenters. The van der Waals surface area contributed by atoms with E-state index in [0.29, 0.717) is 6.20 Å². The van der Waals surface area contributed by atoms with E-state index in [4.69, 9.17) is 5.11 Å². The molecule has 2 N–H and O–H groups in total. The number of hydrogen-bond donors (Lipinski definition) is 2. The van der Waals surface area contributed by atoms with Gasteiger partial charge in [0.05, 0.1) is 11.1 Å². The molecule has 1 heterocycles. The monoisotopic (exact) mass is 276 g/mol. The van der Waals surface area contributed by atoms with Crippen molar-refractivity contribution in [2.75, 3.05) is 5.32 Å². The predicted molar refractivity (Wildman–Crippen MR) is 64.2 cm³/mol. The Balaban J connectivity index is 3.13. The summed E-state index contributed by atoms with van der Waals surface area (Å²) < 4.78 is 37.8. The van der Waals surface area contributed by atoms with Crippen LogP contribution in [0.2, 0.25) is 0 Å². The summed E-state index contributed by atoms with van der Waals surface area (Å²) >= 11 is 0. The highest BCUT2D eigenvalue weighted by molar-refractivity contribution is 5.90. The molecule has 7 heteroatoms. The van der Waals surface area contributed by atoms with Gasteiger partial charge >= 0.3 is 12.1 Å². The number of alkyl halides is 3. The first-order valence-electron chi connectivity index (χ1n) is 5.86. The standard InChI is InChI=1S/C12H15F3N2O2/c1-3-7(4-2)17-10-5-8(11(18)19)9(6-16-10)12(13,14)15/h5-7H,3-4H2,1-2H3,(H,16,17)(H,18,19). The maximum atomic E-state index is 12.6. The van der Waals surface area contributed by atoms with Crippen LogP contribution in [0.15, 0.2) is 12.3 Å². The Labute approximate surface area is 108 Å². The number of nitrogens with one attached hydrogen (secondary N) is 1. The van der Waals surface area contributed by atoms with Gasteiger partial charge in [0.2, 0.25) is 0 Å². The number of halogens is 3. The fourth-order valence-corrected chi connectivity index (χ4v) is 1.64. The van der Waals surface area contributed by atoms with Crippen molar-refractivity contribution in [2.45, 2.75) is 38.9 Å². The highest BCUT2D eigenvalue weighted by Gasteiger charge is 2.36. The van der Waals surface area contributed by atoms with Gasteiger partial charge in [0.15, 0.2) is 0 Å². The number of nitrogens with zero attached hydrogens (tertiary/aromatic N) is 1. The molecule has 0 bridgehead atoms. The van der Waals surface area contributed by atoms with Crippen LogP contribution in [0.25, 0.3) is 0 Å². The second kappa shape index (κ2) is 5.90. The van der Waals surface area contributed by atoms with Crippen molar-refractivity contribution < 1.29 is 23.1 Å². The third kappa shape index (κ3) is 3.84. The van der Waals surface area contributed by atoms with E-state index in [1.165, 1.54) is 0 Å². The zero-order valence-corrected chi connectivity index (χ0v) is 10.6. The summed E-state index contributed by atoms with van der Waals surface area (Å²) in [5.41, 5.74) is -2.04. The van der Waals surface area contributed by atoms with Crippen LogP contribution < -0.4 is 5.32 Å². The minimum Gasteiger partial charge on any atom is -0.478 e. The molecule has 1 aromatic heterocycles. The number of aromatic nitrogens is 1. The van der Waals surface area contributed by atoms with E-state index in [1.807, 2.05) is 13.8 Å². The van der Waals surface area contributed by atoms with Gasteiger partial charge in [0.25, 0.3) is 0 Å². The average molecular weight is 276 g/mol. The van der Waals surface area contributed by atoms with Crippen LogP contribution >= 0.6 is 0 Å². The number of anilines is 1. The lowest BCUT2D eigenvalue weighted by molar-refractivity contribution is -0.138. The molecule has 1 rings (SSSR count). The Morgan fingerprint density at radius 1 is 1.42 bits per heavy atom. The molecule has 0 saturated heterocycles. The first kappa shape index (κ1) is 15.3. The Bertz CT molecular complexity index is 457. The number of carbonyl (C=O) groups is 1. The molecule has 0 fully saturated rings. The lowest BCUT2D eigenvalue weighted by Crippen LogP contribution is -2.20. The third-order valence-electron chi connectivity index (χ3n) is 2.78. The molecular weight excluding hydrogens is 261 g/mol. The van der Waals surface area contributed by atoms with Crippen LogP contribution in [0.4, 0.5) is 19.0 Å². The van der Waals surface area contributed by atoms with Crippen molar-refractivity contribution in [1.29, 1.82) is 0 Å². The van der Waals surface area contributed by atoms with Crippen LogP contribution in [0.5, 0.6) is 0 Å². The second-order valence-corrected chi connectivity index (χ2v) is 4.08. The zero-order chi connectivity index (χ0) is 14.6. The van der Waals surface area contributed by atoms with E-state index >= 15 is 0 Å². The molecule has 0 aliphatic rings. The molecular formula is C12H15F3N2O2. The molecule has 0 radical (unpaired) electrons. The molecule has 0 aromatic carbocycles. The highest BCUT2D eigenvalue weighted by Crippen LogP contribution is 2.32. The van der Waals surface area contributed by atoms with Crippen LogP contribution in [0, 0.1) is 0 Å². The number of pyridine rings is 1. The van der Waals surface area contributed by atoms with Gasteiger partial charge in [-0.15, -0.1) is 0 Å². The van der Waals surface area contributed by atoms with E-state index in [9.17, 15) is 18.0 Å². The number of carboxylic acid groups (broad SMARTS) is 1. The maximum absolute atomic E-state index is 12.6. The van der Waals surface area contributed by atoms with E-state index in [0.717, 1.165) is 18.9 Å². The Morgan fingerprint density at radius 3 is 2.42 bits per heavy atom. The average Bonchev–Trinajstić information content (AvgIpc) is 2.34. The predicted octanol–water partition coefficient (Wildman–Crippen LogP) is 3.40. The number of carboxylic acids is 1. The van der Waals surface area contributed by atoms with Gasteiger partial charge in [0.1, 0.15) is 5.82 Å². The van der Waals surface area contributed by atoms with Gasteiger partial charge in [0, 0.05) is 12.2 Å². The Kier molecular flexibility index (Phi) is 4.74. The van der Waals surface area contributed by atoms with Crippen LogP contribution in [-0.4, -0.2) is 22.1 Å². The molecule has 0 amide bonds. The minimum atomic E-state index is -4.73. The summed E-state index contributed by atoms with van der Waals surface area (Å²) in [5.74, 6) is -1.48. The lowest BCUT2D eigenvalue weighted by atomic mass is 10.1. The van der Waals surface area contributed by atoms with Gasteiger partial charge in [-0.3, -0.25) is 0 Å². The fourth-order valence-electron chi connectivity index (χ4n) is 1.64. The second-order valence-electron chi connectivity index (χ2n) is 4.08. The summed E-state index contributed by atoms with van der Waals surface area (Å²) in [6.45, 7) is 3.84. The van der Waals surface area contributed by atoms with Gasteiger partial charge in [-0.05, 0) is 18.9 Å².